The Bertz CT molecular complexity index is 1190. The molecule has 2 aromatic heterocycles. The van der Waals surface area contributed by atoms with Gasteiger partial charge in [-0.25, -0.2) is 4.98 Å². The number of benzene rings is 2. The number of hydrogen-bond donors (Lipinski definition) is 1. The Hall–Kier alpha value is -3.29. The molecule has 0 aliphatic carbocycles. The lowest BCUT2D eigenvalue weighted by Gasteiger charge is -2.22. The molecule has 170 valence electrons. The number of rotatable bonds is 7. The van der Waals surface area contributed by atoms with Crippen LogP contribution in [0.2, 0.25) is 0 Å². The first-order valence-corrected chi connectivity index (χ1v) is 11.5. The van der Waals surface area contributed by atoms with E-state index in [9.17, 15) is 0 Å². The topological polar surface area (TPSA) is 77.8 Å². The lowest BCUT2D eigenvalue weighted by Crippen LogP contribution is -2.23. The van der Waals surface area contributed by atoms with Crippen LogP contribution in [0.5, 0.6) is 0 Å². The molecule has 0 saturated carbocycles. The van der Waals surface area contributed by atoms with E-state index in [2.05, 4.69) is 65.4 Å². The van der Waals surface area contributed by atoms with E-state index < -0.39 is 0 Å². The molecule has 1 fully saturated rings. The highest BCUT2D eigenvalue weighted by molar-refractivity contribution is 5.59. The number of hydrogen-bond acceptors (Lipinski definition) is 5. The lowest BCUT2D eigenvalue weighted by atomic mass is 10.1. The van der Waals surface area contributed by atoms with Crippen LogP contribution in [0.1, 0.15) is 35.2 Å². The van der Waals surface area contributed by atoms with Gasteiger partial charge in [0.1, 0.15) is 5.69 Å². The highest BCUT2D eigenvalue weighted by Crippen LogP contribution is 2.22. The van der Waals surface area contributed by atoms with E-state index in [1.54, 1.807) is 0 Å². The van der Waals surface area contributed by atoms with Crippen molar-refractivity contribution in [3.63, 3.8) is 0 Å². The maximum Gasteiger partial charge on any atom is 0.181 e. The van der Waals surface area contributed by atoms with Gasteiger partial charge in [-0.05, 0) is 43.9 Å². The summed E-state index contributed by atoms with van der Waals surface area (Å²) in [4.78, 5) is 4.69. The van der Waals surface area contributed by atoms with Crippen LogP contribution in [-0.2, 0) is 22.6 Å². The monoisotopic (exact) mass is 443 g/mol. The first-order valence-electron chi connectivity index (χ1n) is 11.5. The molecular weight excluding hydrogens is 414 g/mol. The van der Waals surface area contributed by atoms with Gasteiger partial charge < -0.3 is 9.47 Å². The predicted octanol–water partition coefficient (Wildman–Crippen LogP) is 4.70. The van der Waals surface area contributed by atoms with Crippen LogP contribution < -0.4 is 0 Å². The van der Waals surface area contributed by atoms with Crippen molar-refractivity contribution in [3.05, 3.63) is 77.0 Å². The van der Waals surface area contributed by atoms with Gasteiger partial charge in [-0.3, -0.25) is 9.78 Å². The summed E-state index contributed by atoms with van der Waals surface area (Å²) in [5.74, 6) is 1.33. The average molecular weight is 444 g/mol. The molecule has 1 saturated heterocycles. The second-order valence-corrected chi connectivity index (χ2v) is 8.64. The Kier molecular flexibility index (Phi) is 6.32. The minimum absolute atomic E-state index is 0.295. The maximum atomic E-state index is 6.01. The van der Waals surface area contributed by atoms with Crippen molar-refractivity contribution in [2.24, 2.45) is 0 Å². The SMILES string of the molecule is Cc1ccc(Cn2nc(-c3nc(-c4ccc(COC5CCOCC5)cc4)n[nH]3)cc2C)cc1. The Labute approximate surface area is 193 Å². The van der Waals surface area contributed by atoms with E-state index in [-0.39, 0.29) is 0 Å². The van der Waals surface area contributed by atoms with Crippen molar-refractivity contribution >= 4 is 0 Å². The predicted molar refractivity (Wildman–Crippen MR) is 127 cm³/mol. The third-order valence-corrected chi connectivity index (χ3v) is 6.03. The number of aromatic amines is 1. The molecular formula is C26H29N5O2. The molecule has 0 amide bonds. The molecule has 7 nitrogen and oxygen atoms in total. The zero-order chi connectivity index (χ0) is 22.6. The van der Waals surface area contributed by atoms with Crippen LogP contribution in [0.25, 0.3) is 22.9 Å². The molecule has 5 rings (SSSR count). The summed E-state index contributed by atoms with van der Waals surface area (Å²) < 4.78 is 13.4. The Balaban J connectivity index is 1.25. The van der Waals surface area contributed by atoms with Crippen LogP contribution in [0, 0.1) is 13.8 Å². The molecule has 0 spiro atoms. The minimum Gasteiger partial charge on any atom is -0.381 e. The number of nitrogens with one attached hydrogen (secondary N) is 1. The van der Waals surface area contributed by atoms with Crippen molar-refractivity contribution in [2.45, 2.75) is 45.9 Å². The highest BCUT2D eigenvalue weighted by atomic mass is 16.5. The lowest BCUT2D eigenvalue weighted by molar-refractivity contribution is -0.0390. The standard InChI is InChI=1S/C26H29N5O2/c1-18-3-5-20(6-4-18)16-31-19(2)15-24(30-31)26-27-25(28-29-26)22-9-7-21(8-10-22)17-33-23-11-13-32-14-12-23/h3-10,15,23H,11-14,16-17H2,1-2H3,(H,27,28,29). The van der Waals surface area contributed by atoms with Gasteiger partial charge in [0.15, 0.2) is 11.6 Å². The fourth-order valence-electron chi connectivity index (χ4n) is 3.96. The zero-order valence-corrected chi connectivity index (χ0v) is 19.1. The third-order valence-electron chi connectivity index (χ3n) is 6.03. The number of ether oxygens (including phenoxy) is 2. The molecule has 1 aliphatic rings. The van der Waals surface area contributed by atoms with Crippen LogP contribution in [0.4, 0.5) is 0 Å². The van der Waals surface area contributed by atoms with E-state index in [1.165, 1.54) is 11.1 Å². The van der Waals surface area contributed by atoms with Gasteiger partial charge in [-0.1, -0.05) is 54.1 Å². The quantitative estimate of drug-likeness (QED) is 0.448. The number of nitrogens with zero attached hydrogens (tertiary/aromatic N) is 4. The van der Waals surface area contributed by atoms with Gasteiger partial charge >= 0.3 is 0 Å². The third kappa shape index (κ3) is 5.21. The molecule has 1 N–H and O–H groups in total. The van der Waals surface area contributed by atoms with E-state index in [0.29, 0.717) is 24.4 Å². The average Bonchev–Trinajstić information content (AvgIpc) is 3.47. The summed E-state index contributed by atoms with van der Waals surface area (Å²) in [5, 5.41) is 12.2. The molecule has 1 aliphatic heterocycles. The first kappa shape index (κ1) is 21.6. The molecule has 33 heavy (non-hydrogen) atoms. The van der Waals surface area contributed by atoms with Crippen molar-refractivity contribution in [1.29, 1.82) is 0 Å². The van der Waals surface area contributed by atoms with Gasteiger partial charge in [0.05, 0.1) is 19.3 Å². The van der Waals surface area contributed by atoms with Crippen LogP contribution >= 0.6 is 0 Å². The number of aryl methyl sites for hydroxylation is 2. The van der Waals surface area contributed by atoms with Crippen molar-refractivity contribution in [3.8, 4) is 22.9 Å². The van der Waals surface area contributed by atoms with Gasteiger partial charge in [0, 0.05) is 24.5 Å². The highest BCUT2D eigenvalue weighted by Gasteiger charge is 2.15. The zero-order valence-electron chi connectivity index (χ0n) is 19.1. The fraction of sp³-hybridized carbons (Fsp3) is 0.346. The fourth-order valence-corrected chi connectivity index (χ4v) is 3.96. The number of aromatic nitrogens is 5. The summed E-state index contributed by atoms with van der Waals surface area (Å²) in [7, 11) is 0. The van der Waals surface area contributed by atoms with Crippen molar-refractivity contribution in [1.82, 2.24) is 25.0 Å². The molecule has 0 unspecified atom stereocenters. The number of H-pyrrole nitrogens is 1. The van der Waals surface area contributed by atoms with E-state index in [4.69, 9.17) is 14.6 Å². The normalized spacial score (nSPS) is 14.6. The maximum absolute atomic E-state index is 6.01. The summed E-state index contributed by atoms with van der Waals surface area (Å²) in [6.07, 6.45) is 2.24. The van der Waals surface area contributed by atoms with Gasteiger partial charge in [-0.15, -0.1) is 0 Å². The summed E-state index contributed by atoms with van der Waals surface area (Å²) in [5.41, 5.74) is 6.45. The summed E-state index contributed by atoms with van der Waals surface area (Å²) >= 11 is 0. The largest absolute Gasteiger partial charge is 0.381 e. The molecule has 0 atom stereocenters. The second-order valence-electron chi connectivity index (χ2n) is 8.64. The first-order chi connectivity index (χ1) is 16.1. The molecule has 0 bridgehead atoms. The molecule has 2 aromatic carbocycles. The molecule has 3 heterocycles. The summed E-state index contributed by atoms with van der Waals surface area (Å²) in [6.45, 7) is 7.08. The Morgan fingerprint density at radius 3 is 2.48 bits per heavy atom. The van der Waals surface area contributed by atoms with Crippen LogP contribution in [-0.4, -0.2) is 44.3 Å². The Morgan fingerprint density at radius 2 is 1.73 bits per heavy atom. The smallest absolute Gasteiger partial charge is 0.181 e. The van der Waals surface area contributed by atoms with E-state index in [1.807, 2.05) is 22.9 Å². The van der Waals surface area contributed by atoms with E-state index >= 15 is 0 Å². The van der Waals surface area contributed by atoms with Crippen molar-refractivity contribution in [2.75, 3.05) is 13.2 Å². The van der Waals surface area contributed by atoms with Gasteiger partial charge in [-0.2, -0.15) is 10.2 Å². The Morgan fingerprint density at radius 1 is 1.00 bits per heavy atom. The molecule has 0 radical (unpaired) electrons. The molecule has 4 aromatic rings. The second kappa shape index (κ2) is 9.68. The van der Waals surface area contributed by atoms with Crippen molar-refractivity contribution < 1.29 is 9.47 Å². The van der Waals surface area contributed by atoms with E-state index in [0.717, 1.165) is 55.1 Å². The van der Waals surface area contributed by atoms with Gasteiger partial charge in [0.2, 0.25) is 0 Å². The summed E-state index contributed by atoms with van der Waals surface area (Å²) in [6, 6.07) is 18.8. The van der Waals surface area contributed by atoms with Gasteiger partial charge in [0.25, 0.3) is 0 Å². The molecule has 7 heteroatoms. The minimum atomic E-state index is 0.295. The van der Waals surface area contributed by atoms with Crippen LogP contribution in [0.15, 0.2) is 54.6 Å². The van der Waals surface area contributed by atoms with Crippen LogP contribution in [0.3, 0.4) is 0 Å².